The minimum Gasteiger partial charge on any atom is -0.360 e. The van der Waals surface area contributed by atoms with Gasteiger partial charge in [-0.05, 0) is 51.7 Å². The second kappa shape index (κ2) is 6.20. The van der Waals surface area contributed by atoms with Crippen LogP contribution in [0.15, 0.2) is 0 Å². The number of hydrogen-bond acceptors (Lipinski definition) is 3. The molecule has 96 valence electrons. The number of ether oxygens (including phenoxy) is 1. The van der Waals surface area contributed by atoms with Gasteiger partial charge in [0.15, 0.2) is 0 Å². The van der Waals surface area contributed by atoms with Gasteiger partial charge in [0.1, 0.15) is 5.72 Å². The molecule has 1 N–H and O–H groups in total. The van der Waals surface area contributed by atoms with E-state index in [0.717, 1.165) is 19.1 Å². The van der Waals surface area contributed by atoms with E-state index in [1.54, 1.807) is 0 Å². The Bertz CT molecular complexity index is 199. The number of rotatable bonds is 3. The molecule has 0 aromatic heterocycles. The van der Waals surface area contributed by atoms with E-state index in [9.17, 15) is 0 Å². The van der Waals surface area contributed by atoms with Crippen LogP contribution in [0.1, 0.15) is 33.1 Å². The lowest BCUT2D eigenvalue weighted by Crippen LogP contribution is -2.42. The first-order chi connectivity index (χ1) is 7.22. The lowest BCUT2D eigenvalue weighted by Gasteiger charge is -2.35. The van der Waals surface area contributed by atoms with E-state index < -0.39 is 0 Å². The number of piperidine rings is 1. The van der Waals surface area contributed by atoms with Crippen molar-refractivity contribution in [1.29, 1.82) is 0 Å². The minimum absolute atomic E-state index is 0. The van der Waals surface area contributed by atoms with Crippen LogP contribution >= 0.6 is 12.4 Å². The molecule has 0 aliphatic carbocycles. The van der Waals surface area contributed by atoms with Gasteiger partial charge in [0, 0.05) is 6.54 Å². The largest absolute Gasteiger partial charge is 0.360 e. The van der Waals surface area contributed by atoms with Crippen LogP contribution in [0, 0.1) is 5.92 Å². The van der Waals surface area contributed by atoms with Crippen molar-refractivity contribution in [3.8, 4) is 0 Å². The van der Waals surface area contributed by atoms with Gasteiger partial charge in [-0.3, -0.25) is 5.32 Å². The summed E-state index contributed by atoms with van der Waals surface area (Å²) in [5, 5.41) is 3.47. The van der Waals surface area contributed by atoms with Crippen molar-refractivity contribution in [3.63, 3.8) is 0 Å². The van der Waals surface area contributed by atoms with Gasteiger partial charge in [0.2, 0.25) is 0 Å². The third-order valence-corrected chi connectivity index (χ3v) is 3.85. The highest BCUT2D eigenvalue weighted by Gasteiger charge is 2.33. The van der Waals surface area contributed by atoms with Gasteiger partial charge in [-0.15, -0.1) is 12.4 Å². The van der Waals surface area contributed by atoms with Crippen molar-refractivity contribution in [2.24, 2.45) is 5.92 Å². The molecule has 0 spiro atoms. The van der Waals surface area contributed by atoms with Gasteiger partial charge in [0.25, 0.3) is 0 Å². The van der Waals surface area contributed by atoms with E-state index in [0.29, 0.717) is 0 Å². The summed E-state index contributed by atoms with van der Waals surface area (Å²) >= 11 is 0. The molecule has 3 nitrogen and oxygen atoms in total. The molecule has 2 aliphatic rings. The van der Waals surface area contributed by atoms with E-state index in [1.807, 2.05) is 0 Å². The number of nitrogens with one attached hydrogen (secondary N) is 1. The fourth-order valence-corrected chi connectivity index (χ4v) is 2.83. The maximum absolute atomic E-state index is 5.77. The second-order valence-electron chi connectivity index (χ2n) is 5.09. The summed E-state index contributed by atoms with van der Waals surface area (Å²) < 4.78 is 5.77. The molecule has 2 fully saturated rings. The van der Waals surface area contributed by atoms with Crippen LogP contribution in [-0.2, 0) is 4.74 Å². The number of hydrogen-bond donors (Lipinski definition) is 1. The van der Waals surface area contributed by atoms with Crippen molar-refractivity contribution in [3.05, 3.63) is 0 Å². The standard InChI is InChI=1S/C12H24N2O.ClH/c1-3-14-7-4-11(5-8-14)10-12(2)13-6-9-15-12;/h11,13H,3-10H2,1-2H3;1H. The van der Waals surface area contributed by atoms with Gasteiger partial charge in [-0.25, -0.2) is 0 Å². The molecule has 1 unspecified atom stereocenters. The molecule has 2 saturated heterocycles. The highest BCUT2D eigenvalue weighted by Crippen LogP contribution is 2.28. The summed E-state index contributed by atoms with van der Waals surface area (Å²) in [7, 11) is 0. The van der Waals surface area contributed by atoms with Crippen molar-refractivity contribution < 1.29 is 4.74 Å². The average Bonchev–Trinajstić information content (AvgIpc) is 2.66. The molecule has 2 aliphatic heterocycles. The van der Waals surface area contributed by atoms with Gasteiger partial charge >= 0.3 is 0 Å². The predicted octanol–water partition coefficient (Wildman–Crippen LogP) is 1.87. The van der Waals surface area contributed by atoms with E-state index in [4.69, 9.17) is 4.74 Å². The molecule has 0 radical (unpaired) electrons. The highest BCUT2D eigenvalue weighted by molar-refractivity contribution is 5.85. The lowest BCUT2D eigenvalue weighted by molar-refractivity contribution is -0.0206. The first kappa shape index (κ1) is 14.2. The van der Waals surface area contributed by atoms with Crippen LogP contribution in [0.3, 0.4) is 0 Å². The van der Waals surface area contributed by atoms with E-state index in [2.05, 4.69) is 24.1 Å². The molecular formula is C12H25ClN2O. The zero-order chi connectivity index (χ0) is 10.7. The monoisotopic (exact) mass is 248 g/mol. The van der Waals surface area contributed by atoms with Crippen molar-refractivity contribution in [2.45, 2.75) is 38.8 Å². The van der Waals surface area contributed by atoms with Gasteiger partial charge in [-0.2, -0.15) is 0 Å². The van der Waals surface area contributed by atoms with Gasteiger partial charge in [-0.1, -0.05) is 6.92 Å². The summed E-state index contributed by atoms with van der Waals surface area (Å²) in [6, 6.07) is 0. The molecule has 0 aromatic rings. The Morgan fingerprint density at radius 3 is 2.56 bits per heavy atom. The summed E-state index contributed by atoms with van der Waals surface area (Å²) in [4.78, 5) is 2.54. The molecule has 0 aromatic carbocycles. The Kier molecular flexibility index (Phi) is 5.51. The number of halogens is 1. The van der Waals surface area contributed by atoms with Crippen LogP contribution in [0.25, 0.3) is 0 Å². The number of nitrogens with zero attached hydrogens (tertiary/aromatic N) is 1. The normalized spacial score (nSPS) is 32.6. The maximum Gasteiger partial charge on any atom is 0.116 e. The molecule has 1 atom stereocenters. The van der Waals surface area contributed by atoms with E-state index in [-0.39, 0.29) is 18.1 Å². The smallest absolute Gasteiger partial charge is 0.116 e. The zero-order valence-corrected chi connectivity index (χ0v) is 11.3. The topological polar surface area (TPSA) is 24.5 Å². The summed E-state index contributed by atoms with van der Waals surface area (Å²) in [6.07, 6.45) is 3.87. The van der Waals surface area contributed by atoms with E-state index in [1.165, 1.54) is 38.9 Å². The Morgan fingerprint density at radius 2 is 2.06 bits per heavy atom. The molecule has 0 amide bonds. The fraction of sp³-hybridized carbons (Fsp3) is 1.00. The minimum atomic E-state index is -0.0287. The predicted molar refractivity (Wildman–Crippen MR) is 69.1 cm³/mol. The van der Waals surface area contributed by atoms with E-state index >= 15 is 0 Å². The molecule has 16 heavy (non-hydrogen) atoms. The average molecular weight is 249 g/mol. The molecule has 2 rings (SSSR count). The molecule has 0 saturated carbocycles. The first-order valence-corrected chi connectivity index (χ1v) is 6.33. The third kappa shape index (κ3) is 3.59. The van der Waals surface area contributed by atoms with Crippen LogP contribution in [0.4, 0.5) is 0 Å². The Morgan fingerprint density at radius 1 is 1.38 bits per heavy atom. The SMILES string of the molecule is CCN1CCC(CC2(C)NCCO2)CC1.Cl. The first-order valence-electron chi connectivity index (χ1n) is 6.33. The summed E-state index contributed by atoms with van der Waals surface area (Å²) in [5.41, 5.74) is -0.0287. The zero-order valence-electron chi connectivity index (χ0n) is 10.5. The third-order valence-electron chi connectivity index (χ3n) is 3.85. The van der Waals surface area contributed by atoms with Crippen molar-refractivity contribution >= 4 is 12.4 Å². The quantitative estimate of drug-likeness (QED) is 0.825. The fourth-order valence-electron chi connectivity index (χ4n) is 2.83. The van der Waals surface area contributed by atoms with Gasteiger partial charge < -0.3 is 9.64 Å². The van der Waals surface area contributed by atoms with Crippen LogP contribution in [0.5, 0.6) is 0 Å². The summed E-state index contributed by atoms with van der Waals surface area (Å²) in [6.45, 7) is 10.1. The van der Waals surface area contributed by atoms with Crippen LogP contribution in [0.2, 0.25) is 0 Å². The molecule has 0 bridgehead atoms. The Labute approximate surface area is 105 Å². The molecular weight excluding hydrogens is 224 g/mol. The Balaban J connectivity index is 0.00000128. The van der Waals surface area contributed by atoms with Gasteiger partial charge in [0.05, 0.1) is 6.61 Å². The maximum atomic E-state index is 5.77. The molecule has 4 heteroatoms. The molecule has 2 heterocycles. The Hall–Kier alpha value is 0.170. The second-order valence-corrected chi connectivity index (χ2v) is 5.09. The van der Waals surface area contributed by atoms with Crippen LogP contribution in [-0.4, -0.2) is 43.4 Å². The number of likely N-dealkylation sites (tertiary alicyclic amines) is 1. The lowest BCUT2D eigenvalue weighted by atomic mass is 9.89. The van der Waals surface area contributed by atoms with Crippen molar-refractivity contribution in [1.82, 2.24) is 10.2 Å². The van der Waals surface area contributed by atoms with Crippen LogP contribution < -0.4 is 5.32 Å². The summed E-state index contributed by atoms with van der Waals surface area (Å²) in [5.74, 6) is 0.850. The highest BCUT2D eigenvalue weighted by atomic mass is 35.5. The van der Waals surface area contributed by atoms with Crippen molar-refractivity contribution in [2.75, 3.05) is 32.8 Å².